The van der Waals surface area contributed by atoms with Crippen molar-refractivity contribution >= 4 is 0 Å². The Hall–Kier alpha value is -1.94. The molecule has 0 saturated heterocycles. The fourth-order valence-corrected chi connectivity index (χ4v) is 1.75. The maximum Gasteiger partial charge on any atom is 0.219 e. The largest absolute Gasteiger partial charge is 0.439 e. The lowest BCUT2D eigenvalue weighted by molar-refractivity contribution is 0.281. The van der Waals surface area contributed by atoms with Crippen molar-refractivity contribution in [3.63, 3.8) is 0 Å². The molecule has 0 saturated carbocycles. The van der Waals surface area contributed by atoms with E-state index >= 15 is 0 Å². The van der Waals surface area contributed by atoms with E-state index in [2.05, 4.69) is 4.98 Å². The summed E-state index contributed by atoms with van der Waals surface area (Å²) in [7, 11) is 0. The van der Waals surface area contributed by atoms with Gasteiger partial charge in [0.15, 0.2) is 0 Å². The molecular weight excluding hydrogens is 245 g/mol. The lowest BCUT2D eigenvalue weighted by Gasteiger charge is -2.09. The van der Waals surface area contributed by atoms with Crippen LogP contribution >= 0.6 is 0 Å². The van der Waals surface area contributed by atoms with Gasteiger partial charge in [-0.15, -0.1) is 0 Å². The van der Waals surface area contributed by atoms with Gasteiger partial charge in [-0.05, 0) is 48.7 Å². The van der Waals surface area contributed by atoms with Gasteiger partial charge in [-0.1, -0.05) is 6.92 Å². The van der Waals surface area contributed by atoms with Gasteiger partial charge in [0, 0.05) is 11.8 Å². The molecule has 100 valence electrons. The number of hydrogen-bond acceptors (Lipinski definition) is 3. The molecule has 0 aliphatic carbocycles. The first-order chi connectivity index (χ1) is 9.12. The lowest BCUT2D eigenvalue weighted by Crippen LogP contribution is -1.96. The quantitative estimate of drug-likeness (QED) is 0.917. The summed E-state index contributed by atoms with van der Waals surface area (Å²) in [6.07, 6.45) is 0.757. The van der Waals surface area contributed by atoms with Crippen LogP contribution in [0.4, 0.5) is 4.39 Å². The molecule has 0 aliphatic heterocycles. The molecule has 1 aromatic heterocycles. The van der Waals surface area contributed by atoms with Crippen LogP contribution in [-0.2, 0) is 13.0 Å². The molecule has 1 heterocycles. The molecule has 0 bridgehead atoms. The highest BCUT2D eigenvalue weighted by Gasteiger charge is 2.05. The zero-order chi connectivity index (χ0) is 13.8. The Morgan fingerprint density at radius 1 is 1.26 bits per heavy atom. The molecule has 0 unspecified atom stereocenters. The Balaban J connectivity index is 2.29. The highest BCUT2D eigenvalue weighted by atomic mass is 19.1. The minimum absolute atomic E-state index is 0.0612. The number of nitrogens with zero attached hydrogens (tertiary/aromatic N) is 1. The molecule has 0 spiro atoms. The predicted molar refractivity (Wildman–Crippen MR) is 70.7 cm³/mol. The van der Waals surface area contributed by atoms with Gasteiger partial charge in [-0.3, -0.25) is 0 Å². The Kier molecular flexibility index (Phi) is 4.12. The number of hydrogen-bond donors (Lipinski definition) is 1. The van der Waals surface area contributed by atoms with E-state index in [1.54, 1.807) is 25.1 Å². The second kappa shape index (κ2) is 5.80. The van der Waals surface area contributed by atoms with Crippen LogP contribution in [0, 0.1) is 12.7 Å². The molecule has 3 nitrogen and oxygen atoms in total. The van der Waals surface area contributed by atoms with Crippen LogP contribution in [0.5, 0.6) is 11.6 Å². The second-order valence-electron chi connectivity index (χ2n) is 4.33. The molecular formula is C15H16FNO2. The maximum atomic E-state index is 13.2. The van der Waals surface area contributed by atoms with Gasteiger partial charge in [0.2, 0.25) is 5.88 Å². The van der Waals surface area contributed by atoms with Gasteiger partial charge in [-0.2, -0.15) is 0 Å². The molecule has 0 radical (unpaired) electrons. The van der Waals surface area contributed by atoms with E-state index in [1.807, 2.05) is 13.0 Å². The van der Waals surface area contributed by atoms with Crippen molar-refractivity contribution < 1.29 is 14.2 Å². The Bertz CT molecular complexity index is 562. The van der Waals surface area contributed by atoms with E-state index in [0.29, 0.717) is 17.2 Å². The Morgan fingerprint density at radius 2 is 2.05 bits per heavy atom. The lowest BCUT2D eigenvalue weighted by atomic mass is 10.2. The summed E-state index contributed by atoms with van der Waals surface area (Å²) >= 11 is 0. The summed E-state index contributed by atoms with van der Waals surface area (Å²) in [6, 6.07) is 8.05. The standard InChI is InChI=1S/C15H16FNO2/c1-3-12-7-11(9-18)8-15(17-12)19-13-4-5-14(16)10(2)6-13/h4-8,18H,3,9H2,1-2H3. The molecule has 2 aromatic rings. The summed E-state index contributed by atoms with van der Waals surface area (Å²) in [4.78, 5) is 4.32. The zero-order valence-corrected chi connectivity index (χ0v) is 11.0. The first-order valence-electron chi connectivity index (χ1n) is 6.17. The first kappa shape index (κ1) is 13.5. The maximum absolute atomic E-state index is 13.2. The number of rotatable bonds is 4. The van der Waals surface area contributed by atoms with Crippen LogP contribution in [0.2, 0.25) is 0 Å². The molecule has 0 amide bonds. The topological polar surface area (TPSA) is 42.4 Å². The first-order valence-corrected chi connectivity index (χ1v) is 6.17. The molecule has 2 rings (SSSR count). The van der Waals surface area contributed by atoms with Gasteiger partial charge >= 0.3 is 0 Å². The predicted octanol–water partition coefficient (Wildman–Crippen LogP) is 3.38. The Morgan fingerprint density at radius 3 is 2.68 bits per heavy atom. The third-order valence-corrected chi connectivity index (χ3v) is 2.81. The minimum Gasteiger partial charge on any atom is -0.439 e. The highest BCUT2D eigenvalue weighted by Crippen LogP contribution is 2.23. The van der Waals surface area contributed by atoms with Crippen molar-refractivity contribution in [2.75, 3.05) is 0 Å². The highest BCUT2D eigenvalue weighted by molar-refractivity contribution is 5.33. The third-order valence-electron chi connectivity index (χ3n) is 2.81. The average Bonchev–Trinajstić information content (AvgIpc) is 2.42. The van der Waals surface area contributed by atoms with E-state index in [0.717, 1.165) is 17.7 Å². The van der Waals surface area contributed by atoms with Crippen LogP contribution in [0.15, 0.2) is 30.3 Å². The number of halogens is 1. The monoisotopic (exact) mass is 261 g/mol. The van der Waals surface area contributed by atoms with E-state index in [1.165, 1.54) is 6.07 Å². The van der Waals surface area contributed by atoms with Crippen molar-refractivity contribution in [1.29, 1.82) is 0 Å². The van der Waals surface area contributed by atoms with Gasteiger partial charge in [0.25, 0.3) is 0 Å². The van der Waals surface area contributed by atoms with Gasteiger partial charge < -0.3 is 9.84 Å². The fraction of sp³-hybridized carbons (Fsp3) is 0.267. The molecule has 0 atom stereocenters. The summed E-state index contributed by atoms with van der Waals surface area (Å²) in [6.45, 7) is 3.60. The molecule has 4 heteroatoms. The van der Waals surface area contributed by atoms with Crippen molar-refractivity contribution in [3.8, 4) is 11.6 Å². The average molecular weight is 261 g/mol. The number of aliphatic hydroxyl groups excluding tert-OH is 1. The SMILES string of the molecule is CCc1cc(CO)cc(Oc2ccc(F)c(C)c2)n1. The van der Waals surface area contributed by atoms with Crippen LogP contribution in [0.3, 0.4) is 0 Å². The molecule has 1 N–H and O–H groups in total. The normalized spacial score (nSPS) is 10.5. The number of aryl methyl sites for hydroxylation is 2. The summed E-state index contributed by atoms with van der Waals surface area (Å²) in [5.74, 6) is 0.677. The number of aliphatic hydroxyl groups is 1. The smallest absolute Gasteiger partial charge is 0.219 e. The molecule has 1 aromatic carbocycles. The van der Waals surface area contributed by atoms with Crippen LogP contribution < -0.4 is 4.74 Å². The fourth-order valence-electron chi connectivity index (χ4n) is 1.75. The summed E-state index contributed by atoms with van der Waals surface area (Å²) < 4.78 is 18.8. The minimum atomic E-state index is -0.265. The van der Waals surface area contributed by atoms with Crippen LogP contribution in [0.25, 0.3) is 0 Å². The van der Waals surface area contributed by atoms with E-state index in [4.69, 9.17) is 4.74 Å². The zero-order valence-electron chi connectivity index (χ0n) is 11.0. The van der Waals surface area contributed by atoms with Crippen molar-refractivity contribution in [3.05, 3.63) is 53.0 Å². The summed E-state index contributed by atoms with van der Waals surface area (Å²) in [5.41, 5.74) is 2.12. The van der Waals surface area contributed by atoms with E-state index < -0.39 is 0 Å². The second-order valence-corrected chi connectivity index (χ2v) is 4.33. The van der Waals surface area contributed by atoms with Gasteiger partial charge in [0.05, 0.1) is 6.61 Å². The number of aromatic nitrogens is 1. The van der Waals surface area contributed by atoms with Crippen molar-refractivity contribution in [1.82, 2.24) is 4.98 Å². The van der Waals surface area contributed by atoms with Gasteiger partial charge in [-0.25, -0.2) is 9.37 Å². The van der Waals surface area contributed by atoms with Gasteiger partial charge in [0.1, 0.15) is 11.6 Å². The van der Waals surface area contributed by atoms with Crippen molar-refractivity contribution in [2.24, 2.45) is 0 Å². The van der Waals surface area contributed by atoms with Crippen molar-refractivity contribution in [2.45, 2.75) is 26.9 Å². The van der Waals surface area contributed by atoms with E-state index in [9.17, 15) is 9.50 Å². The molecule has 0 fully saturated rings. The van der Waals surface area contributed by atoms with E-state index in [-0.39, 0.29) is 12.4 Å². The Labute approximate surface area is 111 Å². The summed E-state index contributed by atoms with van der Waals surface area (Å²) in [5, 5.41) is 9.20. The van der Waals surface area contributed by atoms with Crippen LogP contribution in [0.1, 0.15) is 23.7 Å². The number of pyridine rings is 1. The number of ether oxygens (including phenoxy) is 1. The molecule has 0 aliphatic rings. The van der Waals surface area contributed by atoms with Crippen LogP contribution in [-0.4, -0.2) is 10.1 Å². The molecule has 19 heavy (non-hydrogen) atoms. The number of benzene rings is 1. The third kappa shape index (κ3) is 3.29.